The Hall–Kier alpha value is -1.23. The van der Waals surface area contributed by atoms with E-state index in [1.807, 2.05) is 6.92 Å². The van der Waals surface area contributed by atoms with Gasteiger partial charge in [-0.3, -0.25) is 0 Å². The molecule has 0 aliphatic carbocycles. The van der Waals surface area contributed by atoms with Gasteiger partial charge in [0.1, 0.15) is 24.2 Å². The molecule has 0 aliphatic heterocycles. The number of hydrogen-bond donors (Lipinski definition) is 1. The number of ether oxygens (including phenoxy) is 2. The molecule has 7 nitrogen and oxygen atoms in total. The number of sulfone groups is 2. The molecule has 0 aromatic heterocycles. The van der Waals surface area contributed by atoms with Crippen LogP contribution in [0.1, 0.15) is 13.8 Å². The molecule has 2 rings (SSSR count). The minimum Gasteiger partial charge on any atom is -0.492 e. The molecule has 0 bridgehead atoms. The van der Waals surface area contributed by atoms with E-state index in [-0.39, 0.29) is 43.9 Å². The highest BCUT2D eigenvalue weighted by molar-refractivity contribution is 7.91. The van der Waals surface area contributed by atoms with Gasteiger partial charge in [-0.1, -0.05) is 37.0 Å². The quantitative estimate of drug-likeness (QED) is 0.387. The van der Waals surface area contributed by atoms with Crippen molar-refractivity contribution in [2.24, 2.45) is 5.92 Å². The van der Waals surface area contributed by atoms with Crippen molar-refractivity contribution < 1.29 is 31.4 Å². The molecular weight excluding hydrogens is 535 g/mol. The first-order valence-corrected chi connectivity index (χ1v) is 14.5. The molecule has 2 aromatic rings. The molecule has 0 aliphatic rings. The summed E-state index contributed by atoms with van der Waals surface area (Å²) in [6.45, 7) is 3.41. The number of aliphatic hydroxyl groups excluding tert-OH is 1. The summed E-state index contributed by atoms with van der Waals surface area (Å²) < 4.78 is 60.1. The largest absolute Gasteiger partial charge is 0.492 e. The van der Waals surface area contributed by atoms with Crippen molar-refractivity contribution in [1.29, 1.82) is 0 Å². The lowest BCUT2D eigenvalue weighted by atomic mass is 10.2. The third-order valence-corrected chi connectivity index (χ3v) is 9.17. The molecule has 0 saturated carbocycles. The molecule has 0 radical (unpaired) electrons. The van der Waals surface area contributed by atoms with E-state index >= 15 is 0 Å². The summed E-state index contributed by atoms with van der Waals surface area (Å²) in [5.74, 6) is 0.434. The first kappa shape index (κ1) is 28.0. The summed E-state index contributed by atoms with van der Waals surface area (Å²) in [5, 5.41) is 9.99. The summed E-state index contributed by atoms with van der Waals surface area (Å²) >= 11 is 18.1. The van der Waals surface area contributed by atoms with E-state index in [0.717, 1.165) is 0 Å². The van der Waals surface area contributed by atoms with Gasteiger partial charge in [0.25, 0.3) is 0 Å². The minimum absolute atomic E-state index is 0.0114. The zero-order chi connectivity index (χ0) is 24.8. The van der Waals surface area contributed by atoms with Crippen molar-refractivity contribution in [3.8, 4) is 11.5 Å². The van der Waals surface area contributed by atoms with Crippen LogP contribution in [0, 0.1) is 5.92 Å². The Bertz CT molecular complexity index is 1170. The van der Waals surface area contributed by atoms with Gasteiger partial charge < -0.3 is 14.6 Å². The number of hydrogen-bond acceptors (Lipinski definition) is 7. The van der Waals surface area contributed by atoms with E-state index in [4.69, 9.17) is 44.3 Å². The molecule has 0 unspecified atom stereocenters. The molecule has 0 amide bonds. The van der Waals surface area contributed by atoms with Crippen LogP contribution in [-0.2, 0) is 19.7 Å². The fourth-order valence-electron chi connectivity index (χ4n) is 2.59. The van der Waals surface area contributed by atoms with Gasteiger partial charge in [-0.05, 0) is 36.4 Å². The van der Waals surface area contributed by atoms with Crippen LogP contribution >= 0.6 is 34.8 Å². The summed E-state index contributed by atoms with van der Waals surface area (Å²) in [6.07, 6.45) is -1.25. The van der Waals surface area contributed by atoms with Crippen molar-refractivity contribution in [3.05, 3.63) is 46.4 Å². The monoisotopic (exact) mass is 558 g/mol. The van der Waals surface area contributed by atoms with Gasteiger partial charge in [-0.25, -0.2) is 16.8 Å². The SMILES string of the molecule is CCS(=O)(=O)C[C@H](O)COc1ccc(S(=O)(=O)c2ccc(OC[C@H](C)CCl)c(Cl)c2)cc1Cl. The summed E-state index contributed by atoms with van der Waals surface area (Å²) in [4.78, 5) is -0.135. The Labute approximate surface area is 209 Å². The highest BCUT2D eigenvalue weighted by Crippen LogP contribution is 2.33. The number of rotatable bonds is 12. The predicted octanol–water partition coefficient (Wildman–Crippen LogP) is 4.25. The maximum Gasteiger partial charge on any atom is 0.206 e. The standard InChI is InChI=1S/C21H25Cl3O7S2/c1-3-32(26,27)13-15(25)12-31-21-7-5-17(9-19(21)24)33(28,29)16-4-6-20(18(23)8-16)30-11-14(2)10-22/h4-9,14-15,25H,3,10-13H2,1-2H3/t14-,15-/m1/s1. The lowest BCUT2D eigenvalue weighted by molar-refractivity contribution is 0.125. The van der Waals surface area contributed by atoms with Crippen molar-refractivity contribution in [2.45, 2.75) is 29.7 Å². The number of alkyl halides is 1. The van der Waals surface area contributed by atoms with Crippen molar-refractivity contribution in [2.75, 3.05) is 30.6 Å². The molecule has 33 heavy (non-hydrogen) atoms. The van der Waals surface area contributed by atoms with Crippen molar-refractivity contribution in [3.63, 3.8) is 0 Å². The second-order valence-electron chi connectivity index (χ2n) is 7.42. The molecule has 2 aromatic carbocycles. The van der Waals surface area contributed by atoms with E-state index in [9.17, 15) is 21.9 Å². The molecule has 184 valence electrons. The van der Waals surface area contributed by atoms with Crippen LogP contribution in [0.25, 0.3) is 0 Å². The second kappa shape index (κ2) is 12.0. The van der Waals surface area contributed by atoms with E-state index in [2.05, 4.69) is 0 Å². The van der Waals surface area contributed by atoms with Crippen LogP contribution in [0.3, 0.4) is 0 Å². The van der Waals surface area contributed by atoms with E-state index in [1.165, 1.54) is 43.3 Å². The first-order valence-electron chi connectivity index (χ1n) is 9.93. The summed E-state index contributed by atoms with van der Waals surface area (Å²) in [6, 6.07) is 7.99. The smallest absolute Gasteiger partial charge is 0.206 e. The van der Waals surface area contributed by atoms with Gasteiger partial charge in [-0.15, -0.1) is 11.6 Å². The van der Waals surface area contributed by atoms with Gasteiger partial charge in [0, 0.05) is 17.6 Å². The zero-order valence-electron chi connectivity index (χ0n) is 18.0. The first-order chi connectivity index (χ1) is 15.4. The molecule has 12 heteroatoms. The minimum atomic E-state index is -3.94. The highest BCUT2D eigenvalue weighted by Gasteiger charge is 2.22. The van der Waals surface area contributed by atoms with Crippen LogP contribution in [0.4, 0.5) is 0 Å². The maximum atomic E-state index is 13.0. The second-order valence-corrected chi connectivity index (χ2v) is 12.9. The fourth-order valence-corrected chi connectivity index (χ4v) is 5.51. The average Bonchev–Trinajstić information content (AvgIpc) is 2.76. The van der Waals surface area contributed by atoms with E-state index in [0.29, 0.717) is 18.2 Å². The molecule has 0 spiro atoms. The van der Waals surface area contributed by atoms with Crippen molar-refractivity contribution in [1.82, 2.24) is 0 Å². The maximum absolute atomic E-state index is 13.0. The normalized spacial score (nSPS) is 14.0. The van der Waals surface area contributed by atoms with Crippen LogP contribution in [0.15, 0.2) is 46.2 Å². The van der Waals surface area contributed by atoms with Gasteiger partial charge in [0.15, 0.2) is 9.84 Å². The van der Waals surface area contributed by atoms with Crippen LogP contribution in [0.5, 0.6) is 11.5 Å². The van der Waals surface area contributed by atoms with Gasteiger partial charge in [0.2, 0.25) is 9.84 Å². The summed E-state index contributed by atoms with van der Waals surface area (Å²) in [5.41, 5.74) is 0. The molecule has 2 atom stereocenters. The number of halogens is 3. The van der Waals surface area contributed by atoms with Gasteiger partial charge in [-0.2, -0.15) is 0 Å². The Morgan fingerprint density at radius 2 is 1.39 bits per heavy atom. The molecule has 0 saturated heterocycles. The summed E-state index contributed by atoms with van der Waals surface area (Å²) in [7, 11) is -7.32. The molecule has 0 fully saturated rings. The Balaban J connectivity index is 2.15. The van der Waals surface area contributed by atoms with Crippen LogP contribution in [0.2, 0.25) is 10.0 Å². The molecular formula is C21H25Cl3O7S2. The number of aliphatic hydroxyl groups is 1. The Morgan fingerprint density at radius 1 is 0.909 bits per heavy atom. The van der Waals surface area contributed by atoms with Crippen LogP contribution < -0.4 is 9.47 Å². The Kier molecular flexibility index (Phi) is 10.1. The Morgan fingerprint density at radius 3 is 1.82 bits per heavy atom. The fraction of sp³-hybridized carbons (Fsp3) is 0.429. The van der Waals surface area contributed by atoms with Gasteiger partial charge >= 0.3 is 0 Å². The third kappa shape index (κ3) is 7.90. The predicted molar refractivity (Wildman–Crippen MR) is 130 cm³/mol. The van der Waals surface area contributed by atoms with Gasteiger partial charge in [0.05, 0.1) is 32.2 Å². The molecule has 0 heterocycles. The average molecular weight is 560 g/mol. The zero-order valence-corrected chi connectivity index (χ0v) is 21.9. The topological polar surface area (TPSA) is 107 Å². The third-order valence-electron chi connectivity index (χ3n) is 4.53. The van der Waals surface area contributed by atoms with E-state index in [1.54, 1.807) is 0 Å². The van der Waals surface area contributed by atoms with Crippen molar-refractivity contribution >= 4 is 54.5 Å². The van der Waals surface area contributed by atoms with Crippen LogP contribution in [-0.4, -0.2) is 58.6 Å². The number of benzene rings is 2. The molecule has 1 N–H and O–H groups in total. The van der Waals surface area contributed by atoms with E-state index < -0.39 is 31.5 Å². The lowest BCUT2D eigenvalue weighted by Gasteiger charge is -2.14. The highest BCUT2D eigenvalue weighted by atomic mass is 35.5. The lowest BCUT2D eigenvalue weighted by Crippen LogP contribution is -2.28.